The van der Waals surface area contributed by atoms with E-state index < -0.39 is 0 Å². The average Bonchev–Trinajstić information content (AvgIpc) is 3.22. The van der Waals surface area contributed by atoms with Crippen molar-refractivity contribution in [1.29, 1.82) is 0 Å². The molecule has 1 aromatic heterocycles. The molecule has 5 heteroatoms. The Morgan fingerprint density at radius 3 is 2.65 bits per heavy atom. The van der Waals surface area contributed by atoms with E-state index in [4.69, 9.17) is 11.6 Å². The Balaban J connectivity index is 1.71. The number of halogens is 1. The van der Waals surface area contributed by atoms with Crippen LogP contribution in [0.5, 0.6) is 0 Å². The standard InChI is InChI=1S/C15H18ClN3S/c1-2-9-19-14(12-5-6-12)17-18-15(19)20-10-11-3-7-13(16)8-4-11/h3-4,7-8,12H,2,5-6,9-10H2,1H3. The summed E-state index contributed by atoms with van der Waals surface area (Å²) in [7, 11) is 0. The third-order valence-corrected chi connectivity index (χ3v) is 4.71. The summed E-state index contributed by atoms with van der Waals surface area (Å²) in [6, 6.07) is 8.00. The van der Waals surface area contributed by atoms with Gasteiger partial charge in [0.25, 0.3) is 0 Å². The molecular weight excluding hydrogens is 290 g/mol. The number of hydrogen-bond donors (Lipinski definition) is 0. The lowest BCUT2D eigenvalue weighted by Crippen LogP contribution is -2.03. The molecule has 3 nitrogen and oxygen atoms in total. The zero-order valence-electron chi connectivity index (χ0n) is 11.6. The Kier molecular flexibility index (Phi) is 4.32. The molecule has 1 fully saturated rings. The summed E-state index contributed by atoms with van der Waals surface area (Å²) >= 11 is 7.67. The van der Waals surface area contributed by atoms with Crippen LogP contribution in [0.4, 0.5) is 0 Å². The maximum atomic E-state index is 5.91. The summed E-state index contributed by atoms with van der Waals surface area (Å²) in [6.07, 6.45) is 3.65. The molecule has 1 aliphatic carbocycles. The first-order chi connectivity index (χ1) is 9.78. The second kappa shape index (κ2) is 6.19. The van der Waals surface area contributed by atoms with E-state index in [1.807, 2.05) is 12.1 Å². The van der Waals surface area contributed by atoms with Gasteiger partial charge in [-0.05, 0) is 37.0 Å². The molecule has 1 heterocycles. The van der Waals surface area contributed by atoms with Crippen LogP contribution in [0.1, 0.15) is 43.5 Å². The van der Waals surface area contributed by atoms with Gasteiger partial charge in [-0.2, -0.15) is 0 Å². The summed E-state index contributed by atoms with van der Waals surface area (Å²) in [6.45, 7) is 3.21. The number of benzene rings is 1. The maximum Gasteiger partial charge on any atom is 0.191 e. The molecule has 1 aromatic carbocycles. The fourth-order valence-corrected chi connectivity index (χ4v) is 3.27. The van der Waals surface area contributed by atoms with Crippen LogP contribution < -0.4 is 0 Å². The summed E-state index contributed by atoms with van der Waals surface area (Å²) in [5.41, 5.74) is 1.26. The molecule has 1 saturated carbocycles. The highest BCUT2D eigenvalue weighted by atomic mass is 35.5. The second-order valence-electron chi connectivity index (χ2n) is 5.18. The van der Waals surface area contributed by atoms with Crippen LogP contribution in [-0.2, 0) is 12.3 Å². The van der Waals surface area contributed by atoms with E-state index in [-0.39, 0.29) is 0 Å². The van der Waals surface area contributed by atoms with E-state index in [2.05, 4.69) is 33.8 Å². The van der Waals surface area contributed by atoms with Crippen molar-refractivity contribution < 1.29 is 0 Å². The SMILES string of the molecule is CCCn1c(SCc2ccc(Cl)cc2)nnc1C1CC1. The molecule has 106 valence electrons. The van der Waals surface area contributed by atoms with Gasteiger partial charge in [0.15, 0.2) is 5.16 Å². The van der Waals surface area contributed by atoms with Crippen LogP contribution >= 0.6 is 23.4 Å². The Morgan fingerprint density at radius 1 is 1.25 bits per heavy atom. The molecule has 0 aliphatic heterocycles. The number of thioether (sulfide) groups is 1. The molecular formula is C15H18ClN3S. The van der Waals surface area contributed by atoms with Gasteiger partial charge in [-0.15, -0.1) is 10.2 Å². The van der Waals surface area contributed by atoms with E-state index in [1.165, 1.54) is 24.2 Å². The fraction of sp³-hybridized carbons (Fsp3) is 0.467. The van der Waals surface area contributed by atoms with Crippen molar-refractivity contribution in [3.05, 3.63) is 40.7 Å². The van der Waals surface area contributed by atoms with Crippen LogP contribution in [0.2, 0.25) is 5.02 Å². The third-order valence-electron chi connectivity index (χ3n) is 3.42. The molecule has 2 aromatic rings. The summed E-state index contributed by atoms with van der Waals surface area (Å²) in [5.74, 6) is 2.74. The highest BCUT2D eigenvalue weighted by Gasteiger charge is 2.30. The van der Waals surface area contributed by atoms with E-state index >= 15 is 0 Å². The van der Waals surface area contributed by atoms with Crippen molar-refractivity contribution in [2.75, 3.05) is 0 Å². The zero-order chi connectivity index (χ0) is 13.9. The number of aromatic nitrogens is 3. The lowest BCUT2D eigenvalue weighted by molar-refractivity contribution is 0.592. The minimum absolute atomic E-state index is 0.652. The normalized spacial score (nSPS) is 14.7. The number of nitrogens with zero attached hydrogens (tertiary/aromatic N) is 3. The minimum atomic E-state index is 0.652. The molecule has 0 amide bonds. The predicted molar refractivity (Wildman–Crippen MR) is 83.3 cm³/mol. The van der Waals surface area contributed by atoms with Crippen LogP contribution in [0.25, 0.3) is 0 Å². The van der Waals surface area contributed by atoms with Gasteiger partial charge in [0, 0.05) is 23.2 Å². The first-order valence-corrected chi connectivity index (χ1v) is 8.44. The first kappa shape index (κ1) is 14.0. The molecule has 0 atom stereocenters. The minimum Gasteiger partial charge on any atom is -0.306 e. The van der Waals surface area contributed by atoms with Gasteiger partial charge in [-0.25, -0.2) is 0 Å². The van der Waals surface area contributed by atoms with Crippen LogP contribution in [0, 0.1) is 0 Å². The van der Waals surface area contributed by atoms with Gasteiger partial charge in [-0.3, -0.25) is 0 Å². The van der Waals surface area contributed by atoms with Crippen molar-refractivity contribution in [2.45, 2.75) is 49.6 Å². The molecule has 0 N–H and O–H groups in total. The molecule has 3 rings (SSSR count). The molecule has 0 unspecified atom stereocenters. The molecule has 0 bridgehead atoms. The summed E-state index contributed by atoms with van der Waals surface area (Å²) < 4.78 is 2.30. The number of hydrogen-bond acceptors (Lipinski definition) is 3. The quantitative estimate of drug-likeness (QED) is 0.736. The van der Waals surface area contributed by atoms with Gasteiger partial charge in [0.1, 0.15) is 5.82 Å². The van der Waals surface area contributed by atoms with Crippen LogP contribution in [0.15, 0.2) is 29.4 Å². The average molecular weight is 308 g/mol. The molecule has 1 aliphatic rings. The molecule has 0 saturated heterocycles. The van der Waals surface area contributed by atoms with E-state index in [1.54, 1.807) is 11.8 Å². The smallest absolute Gasteiger partial charge is 0.191 e. The fourth-order valence-electron chi connectivity index (χ4n) is 2.21. The van der Waals surface area contributed by atoms with E-state index in [0.717, 1.165) is 28.9 Å². The lowest BCUT2D eigenvalue weighted by Gasteiger charge is -2.08. The third kappa shape index (κ3) is 3.18. The van der Waals surface area contributed by atoms with Crippen LogP contribution in [-0.4, -0.2) is 14.8 Å². The lowest BCUT2D eigenvalue weighted by atomic mass is 10.2. The Morgan fingerprint density at radius 2 is 2.00 bits per heavy atom. The highest BCUT2D eigenvalue weighted by molar-refractivity contribution is 7.98. The maximum absolute atomic E-state index is 5.91. The Labute approximate surface area is 128 Å². The largest absolute Gasteiger partial charge is 0.306 e. The van der Waals surface area contributed by atoms with Gasteiger partial charge in [0.05, 0.1) is 0 Å². The van der Waals surface area contributed by atoms with Gasteiger partial charge in [-0.1, -0.05) is 42.4 Å². The van der Waals surface area contributed by atoms with Gasteiger partial charge < -0.3 is 4.57 Å². The topological polar surface area (TPSA) is 30.7 Å². The van der Waals surface area contributed by atoms with Crippen LogP contribution in [0.3, 0.4) is 0 Å². The Hall–Kier alpha value is -1.00. The zero-order valence-corrected chi connectivity index (χ0v) is 13.1. The summed E-state index contributed by atoms with van der Waals surface area (Å²) in [5, 5.41) is 10.6. The molecule has 0 spiro atoms. The predicted octanol–water partition coefficient (Wildman–Crippen LogP) is 4.51. The van der Waals surface area contributed by atoms with Crippen molar-refractivity contribution in [2.24, 2.45) is 0 Å². The monoisotopic (exact) mass is 307 g/mol. The summed E-state index contributed by atoms with van der Waals surface area (Å²) in [4.78, 5) is 0. The van der Waals surface area contributed by atoms with E-state index in [0.29, 0.717) is 5.92 Å². The first-order valence-electron chi connectivity index (χ1n) is 7.08. The van der Waals surface area contributed by atoms with Crippen molar-refractivity contribution in [3.8, 4) is 0 Å². The van der Waals surface area contributed by atoms with Crippen molar-refractivity contribution in [1.82, 2.24) is 14.8 Å². The molecule has 0 radical (unpaired) electrons. The van der Waals surface area contributed by atoms with Gasteiger partial charge in [0.2, 0.25) is 0 Å². The van der Waals surface area contributed by atoms with E-state index in [9.17, 15) is 0 Å². The van der Waals surface area contributed by atoms with Crippen molar-refractivity contribution >= 4 is 23.4 Å². The van der Waals surface area contributed by atoms with Crippen molar-refractivity contribution in [3.63, 3.8) is 0 Å². The number of rotatable bonds is 6. The Bertz CT molecular complexity index is 575. The highest BCUT2D eigenvalue weighted by Crippen LogP contribution is 2.40. The second-order valence-corrected chi connectivity index (χ2v) is 6.56. The molecule has 20 heavy (non-hydrogen) atoms. The van der Waals surface area contributed by atoms with Gasteiger partial charge >= 0.3 is 0 Å².